The lowest BCUT2D eigenvalue weighted by molar-refractivity contribution is -0.131. The minimum Gasteiger partial charge on any atom is -0.508 e. The molecule has 1 N–H and O–H groups in total. The predicted molar refractivity (Wildman–Crippen MR) is 90.0 cm³/mol. The van der Waals surface area contributed by atoms with Crippen molar-refractivity contribution in [3.63, 3.8) is 0 Å². The summed E-state index contributed by atoms with van der Waals surface area (Å²) in [6.45, 7) is 8.33. The average Bonchev–Trinajstić information content (AvgIpc) is 2.94. The van der Waals surface area contributed by atoms with Crippen LogP contribution in [-0.4, -0.2) is 32.2 Å². The van der Waals surface area contributed by atoms with Crippen molar-refractivity contribution in [1.82, 2.24) is 14.7 Å². The van der Waals surface area contributed by atoms with E-state index in [2.05, 4.69) is 18.9 Å². The van der Waals surface area contributed by atoms with Gasteiger partial charge >= 0.3 is 0 Å². The normalized spacial score (nSPS) is 11.0. The third kappa shape index (κ3) is 5.13. The Morgan fingerprint density at radius 1 is 1.35 bits per heavy atom. The van der Waals surface area contributed by atoms with Gasteiger partial charge in [-0.05, 0) is 30.5 Å². The Morgan fingerprint density at radius 3 is 2.74 bits per heavy atom. The summed E-state index contributed by atoms with van der Waals surface area (Å²) < 4.78 is 1.86. The van der Waals surface area contributed by atoms with E-state index in [0.29, 0.717) is 25.4 Å². The number of phenols is 1. The van der Waals surface area contributed by atoms with E-state index in [9.17, 15) is 9.90 Å². The molecular weight excluding hydrogens is 290 g/mol. The number of rotatable bonds is 7. The fraction of sp³-hybridized carbons (Fsp3) is 0.444. The minimum absolute atomic E-state index is 0.0635. The zero-order valence-corrected chi connectivity index (χ0v) is 14.1. The molecule has 0 radical (unpaired) electrons. The topological polar surface area (TPSA) is 58.4 Å². The third-order valence-corrected chi connectivity index (χ3v) is 3.59. The minimum atomic E-state index is 0.0635. The van der Waals surface area contributed by atoms with Gasteiger partial charge in [-0.1, -0.05) is 26.0 Å². The Kier molecular flexibility index (Phi) is 5.79. The van der Waals surface area contributed by atoms with Crippen LogP contribution in [0.2, 0.25) is 0 Å². The summed E-state index contributed by atoms with van der Waals surface area (Å²) in [5.41, 5.74) is 1.87. The molecular formula is C18H25N3O2. The van der Waals surface area contributed by atoms with Crippen LogP contribution in [0.1, 0.15) is 31.9 Å². The second kappa shape index (κ2) is 7.81. The SMILES string of the molecule is CCn1cc(CN(CC(C)C)C(=O)Cc2cccc(O)c2)cn1. The smallest absolute Gasteiger partial charge is 0.227 e. The predicted octanol–water partition coefficient (Wildman–Crippen LogP) is 2.84. The Hall–Kier alpha value is -2.30. The van der Waals surface area contributed by atoms with Gasteiger partial charge in [0.15, 0.2) is 0 Å². The summed E-state index contributed by atoms with van der Waals surface area (Å²) in [6.07, 6.45) is 4.09. The van der Waals surface area contributed by atoms with Crippen molar-refractivity contribution in [3.8, 4) is 5.75 Å². The summed E-state index contributed by atoms with van der Waals surface area (Å²) in [4.78, 5) is 14.5. The van der Waals surface area contributed by atoms with E-state index in [1.54, 1.807) is 18.2 Å². The van der Waals surface area contributed by atoms with Crippen molar-refractivity contribution in [3.05, 3.63) is 47.8 Å². The molecule has 5 nitrogen and oxygen atoms in total. The van der Waals surface area contributed by atoms with Crippen LogP contribution in [0.4, 0.5) is 0 Å². The number of aryl methyl sites for hydroxylation is 1. The van der Waals surface area contributed by atoms with E-state index in [4.69, 9.17) is 0 Å². The fourth-order valence-electron chi connectivity index (χ4n) is 2.53. The number of nitrogens with zero attached hydrogens (tertiary/aromatic N) is 3. The van der Waals surface area contributed by atoms with Crippen molar-refractivity contribution in [2.24, 2.45) is 5.92 Å². The van der Waals surface area contributed by atoms with Gasteiger partial charge in [-0.2, -0.15) is 5.10 Å². The molecule has 0 unspecified atom stereocenters. The molecule has 1 aromatic heterocycles. The maximum absolute atomic E-state index is 12.7. The standard InChI is InChI=1S/C18H25N3O2/c1-4-21-13-16(10-19-21)12-20(11-14(2)3)18(23)9-15-6-5-7-17(22)8-15/h5-8,10,13-14,22H,4,9,11-12H2,1-3H3. The highest BCUT2D eigenvalue weighted by Crippen LogP contribution is 2.14. The van der Waals surface area contributed by atoms with Crippen molar-refractivity contribution in [1.29, 1.82) is 0 Å². The highest BCUT2D eigenvalue weighted by atomic mass is 16.3. The zero-order chi connectivity index (χ0) is 16.8. The largest absolute Gasteiger partial charge is 0.508 e. The highest BCUT2D eigenvalue weighted by Gasteiger charge is 2.17. The molecule has 0 fully saturated rings. The van der Waals surface area contributed by atoms with Gasteiger partial charge in [0.25, 0.3) is 0 Å². The van der Waals surface area contributed by atoms with Crippen LogP contribution in [0.3, 0.4) is 0 Å². The van der Waals surface area contributed by atoms with E-state index in [1.807, 2.05) is 35.0 Å². The number of aromatic hydroxyl groups is 1. The number of hydrogen-bond acceptors (Lipinski definition) is 3. The lowest BCUT2D eigenvalue weighted by Gasteiger charge is -2.24. The van der Waals surface area contributed by atoms with Gasteiger partial charge in [0.1, 0.15) is 5.75 Å². The van der Waals surface area contributed by atoms with Gasteiger partial charge in [0, 0.05) is 31.4 Å². The van der Waals surface area contributed by atoms with Crippen LogP contribution in [0.25, 0.3) is 0 Å². The molecule has 2 rings (SSSR count). The van der Waals surface area contributed by atoms with Gasteiger partial charge in [0.05, 0.1) is 12.6 Å². The number of phenolic OH excluding ortho intramolecular Hbond substituents is 1. The zero-order valence-electron chi connectivity index (χ0n) is 14.1. The van der Waals surface area contributed by atoms with Crippen molar-refractivity contribution in [2.45, 2.75) is 40.3 Å². The molecule has 0 atom stereocenters. The summed E-state index contributed by atoms with van der Waals surface area (Å²) in [5, 5.41) is 13.8. The van der Waals surface area contributed by atoms with E-state index in [0.717, 1.165) is 17.7 Å². The Labute approximate surface area is 137 Å². The molecule has 0 saturated carbocycles. The Morgan fingerprint density at radius 2 is 2.13 bits per heavy atom. The van der Waals surface area contributed by atoms with Crippen LogP contribution >= 0.6 is 0 Å². The number of aromatic nitrogens is 2. The fourth-order valence-corrected chi connectivity index (χ4v) is 2.53. The average molecular weight is 315 g/mol. The van der Waals surface area contributed by atoms with Crippen molar-refractivity contribution >= 4 is 5.91 Å². The maximum atomic E-state index is 12.7. The van der Waals surface area contributed by atoms with Crippen LogP contribution in [0.5, 0.6) is 5.75 Å². The first-order valence-electron chi connectivity index (χ1n) is 8.05. The number of amides is 1. The van der Waals surface area contributed by atoms with E-state index in [-0.39, 0.29) is 11.7 Å². The van der Waals surface area contributed by atoms with Gasteiger partial charge < -0.3 is 10.0 Å². The second-order valence-corrected chi connectivity index (χ2v) is 6.22. The molecule has 0 aliphatic rings. The van der Waals surface area contributed by atoms with Crippen molar-refractivity contribution in [2.75, 3.05) is 6.54 Å². The lowest BCUT2D eigenvalue weighted by Crippen LogP contribution is -2.34. The number of hydrogen-bond donors (Lipinski definition) is 1. The monoisotopic (exact) mass is 315 g/mol. The summed E-state index contributed by atoms with van der Waals surface area (Å²) in [5.74, 6) is 0.646. The van der Waals surface area contributed by atoms with E-state index in [1.165, 1.54) is 0 Å². The van der Waals surface area contributed by atoms with Crippen LogP contribution in [-0.2, 0) is 24.3 Å². The Bertz CT molecular complexity index is 649. The number of carbonyl (C=O) groups is 1. The van der Waals surface area contributed by atoms with E-state index < -0.39 is 0 Å². The molecule has 1 amide bonds. The van der Waals surface area contributed by atoms with Crippen LogP contribution < -0.4 is 0 Å². The summed E-state index contributed by atoms with van der Waals surface area (Å²) in [7, 11) is 0. The molecule has 0 aliphatic carbocycles. The van der Waals surface area contributed by atoms with Crippen LogP contribution in [0.15, 0.2) is 36.7 Å². The van der Waals surface area contributed by atoms with Gasteiger partial charge in [-0.15, -0.1) is 0 Å². The maximum Gasteiger partial charge on any atom is 0.227 e. The molecule has 0 spiro atoms. The van der Waals surface area contributed by atoms with Gasteiger partial charge in [-0.3, -0.25) is 9.48 Å². The van der Waals surface area contributed by atoms with E-state index >= 15 is 0 Å². The molecule has 0 aliphatic heterocycles. The molecule has 1 heterocycles. The van der Waals surface area contributed by atoms with Crippen LogP contribution in [0, 0.1) is 5.92 Å². The lowest BCUT2D eigenvalue weighted by atomic mass is 10.1. The molecule has 1 aromatic carbocycles. The number of carbonyl (C=O) groups excluding carboxylic acids is 1. The molecule has 0 saturated heterocycles. The summed E-state index contributed by atoms with van der Waals surface area (Å²) >= 11 is 0. The second-order valence-electron chi connectivity index (χ2n) is 6.22. The van der Waals surface area contributed by atoms with Gasteiger partial charge in [-0.25, -0.2) is 0 Å². The quantitative estimate of drug-likeness (QED) is 0.855. The molecule has 5 heteroatoms. The third-order valence-electron chi connectivity index (χ3n) is 3.59. The molecule has 2 aromatic rings. The van der Waals surface area contributed by atoms with Crippen molar-refractivity contribution < 1.29 is 9.90 Å². The Balaban J connectivity index is 2.08. The number of benzene rings is 1. The molecule has 0 bridgehead atoms. The first-order chi connectivity index (χ1) is 11.0. The summed E-state index contributed by atoms with van der Waals surface area (Å²) in [6, 6.07) is 6.87. The first kappa shape index (κ1) is 17.1. The molecule has 23 heavy (non-hydrogen) atoms. The highest BCUT2D eigenvalue weighted by molar-refractivity contribution is 5.78. The van der Waals surface area contributed by atoms with Gasteiger partial charge in [0.2, 0.25) is 5.91 Å². The molecule has 124 valence electrons. The first-order valence-corrected chi connectivity index (χ1v) is 8.05.